The number of aryl methyl sites for hydroxylation is 1. The number of aromatic hydroxyl groups is 1. The zero-order valence-corrected chi connectivity index (χ0v) is 24.8. The van der Waals surface area contributed by atoms with Crippen LogP contribution in [0.3, 0.4) is 0 Å². The summed E-state index contributed by atoms with van der Waals surface area (Å²) >= 11 is 0. The zero-order valence-electron chi connectivity index (χ0n) is 24.8. The zero-order chi connectivity index (χ0) is 30.2. The number of phenols is 1. The van der Waals surface area contributed by atoms with Gasteiger partial charge in [-0.3, -0.25) is 4.90 Å². The number of anilines is 1. The van der Waals surface area contributed by atoms with Gasteiger partial charge in [-0.15, -0.1) is 0 Å². The molecule has 4 aromatic rings. The number of nitrogens with one attached hydrogen (secondary N) is 1. The fourth-order valence-electron chi connectivity index (χ4n) is 8.31. The molecule has 10 heteroatoms. The van der Waals surface area contributed by atoms with Crippen molar-refractivity contribution in [1.82, 2.24) is 20.2 Å². The number of hydrogen-bond acceptors (Lipinski definition) is 7. The molecule has 2 unspecified atom stereocenters. The first kappa shape index (κ1) is 27.9. The first-order chi connectivity index (χ1) is 21.3. The average Bonchev–Trinajstić information content (AvgIpc) is 3.66. The molecule has 44 heavy (non-hydrogen) atoms. The molecule has 8 rings (SSSR count). The summed E-state index contributed by atoms with van der Waals surface area (Å²) in [6.45, 7) is 4.82. The first-order valence-corrected chi connectivity index (χ1v) is 15.8. The SMILES string of the molecule is CCc1c(F)ccc2cc(O)cc(-c3ccc4c(N5CC6CCC(C5)N6)nc(OC[C@@]56CCCN5C[C@H](F)C6)nc4c3F)c12. The maximum Gasteiger partial charge on any atom is 0.319 e. The molecule has 4 saturated heterocycles. The Kier molecular flexibility index (Phi) is 6.64. The fraction of sp³-hybridized carbons (Fsp3) is 0.471. The Morgan fingerprint density at radius 1 is 1.05 bits per heavy atom. The molecule has 1 aromatic heterocycles. The van der Waals surface area contributed by atoms with Gasteiger partial charge in [0.05, 0.1) is 5.54 Å². The highest BCUT2D eigenvalue weighted by Gasteiger charge is 2.49. The smallest absolute Gasteiger partial charge is 0.319 e. The Morgan fingerprint density at radius 3 is 2.66 bits per heavy atom. The van der Waals surface area contributed by atoms with E-state index in [1.165, 1.54) is 12.1 Å². The predicted molar refractivity (Wildman–Crippen MR) is 164 cm³/mol. The van der Waals surface area contributed by atoms with E-state index < -0.39 is 17.5 Å². The Bertz CT molecular complexity index is 1770. The molecule has 2 bridgehead atoms. The van der Waals surface area contributed by atoms with E-state index in [1.807, 2.05) is 13.0 Å². The standard InChI is InChI=1S/C34H36F3N5O2/c1-2-24-28(36)9-4-19-12-23(43)13-27(29(19)24)25-7-8-26-31(30(25)37)39-33(40-32(26)41-16-21-5-6-22(17-41)38-21)44-18-34-10-3-11-42(34)15-20(35)14-34/h4,7-9,12-13,20-22,38,43H,2-3,5-6,10-11,14-18H2,1H3/t20-,21?,22?,34+/m1/s1. The Balaban J connectivity index is 1.27. The predicted octanol–water partition coefficient (Wildman–Crippen LogP) is 5.89. The molecular formula is C34H36F3N5O2. The van der Waals surface area contributed by atoms with E-state index in [0.717, 1.165) is 45.3 Å². The summed E-state index contributed by atoms with van der Waals surface area (Å²) in [5, 5.41) is 16.0. The molecule has 4 fully saturated rings. The Morgan fingerprint density at radius 2 is 1.86 bits per heavy atom. The molecule has 0 amide bonds. The lowest BCUT2D eigenvalue weighted by Gasteiger charge is -2.34. The van der Waals surface area contributed by atoms with E-state index in [9.17, 15) is 13.9 Å². The third-order valence-electron chi connectivity index (χ3n) is 10.3. The van der Waals surface area contributed by atoms with Crippen LogP contribution in [0.15, 0.2) is 36.4 Å². The number of phenolic OH excluding ortho intramolecular Hbond substituents is 1. The van der Waals surface area contributed by atoms with Crippen molar-refractivity contribution in [2.45, 2.75) is 69.2 Å². The van der Waals surface area contributed by atoms with Gasteiger partial charge in [-0.05, 0) is 84.8 Å². The average molecular weight is 604 g/mol. The minimum absolute atomic E-state index is 0.0348. The lowest BCUT2D eigenvalue weighted by atomic mass is 9.92. The van der Waals surface area contributed by atoms with Crippen LogP contribution >= 0.6 is 0 Å². The number of aromatic nitrogens is 2. The highest BCUT2D eigenvalue weighted by Crippen LogP contribution is 2.42. The highest BCUT2D eigenvalue weighted by atomic mass is 19.1. The third-order valence-corrected chi connectivity index (χ3v) is 10.3. The van der Waals surface area contributed by atoms with Crippen LogP contribution in [0.1, 0.15) is 44.6 Å². The van der Waals surface area contributed by atoms with Crippen LogP contribution in [-0.4, -0.2) is 76.6 Å². The molecule has 0 saturated carbocycles. The van der Waals surface area contributed by atoms with Gasteiger partial charge in [0.1, 0.15) is 35.7 Å². The monoisotopic (exact) mass is 603 g/mol. The molecule has 5 heterocycles. The first-order valence-electron chi connectivity index (χ1n) is 15.8. The molecule has 2 N–H and O–H groups in total. The number of ether oxygens (including phenoxy) is 1. The van der Waals surface area contributed by atoms with E-state index in [2.05, 4.69) is 20.1 Å². The summed E-state index contributed by atoms with van der Waals surface area (Å²) in [4.78, 5) is 13.8. The second-order valence-electron chi connectivity index (χ2n) is 13.0. The summed E-state index contributed by atoms with van der Waals surface area (Å²) in [6.07, 6.45) is 3.91. The van der Waals surface area contributed by atoms with Crippen molar-refractivity contribution in [3.05, 3.63) is 53.6 Å². The molecule has 230 valence electrons. The molecule has 3 aromatic carbocycles. The van der Waals surface area contributed by atoms with Crippen molar-refractivity contribution in [1.29, 1.82) is 0 Å². The fourth-order valence-corrected chi connectivity index (χ4v) is 8.31. The van der Waals surface area contributed by atoms with E-state index in [-0.39, 0.29) is 35.3 Å². The van der Waals surface area contributed by atoms with Gasteiger partial charge >= 0.3 is 6.01 Å². The van der Waals surface area contributed by atoms with Crippen LogP contribution in [0, 0.1) is 11.6 Å². The Labute approximate surface area is 254 Å². The van der Waals surface area contributed by atoms with Crippen molar-refractivity contribution in [3.8, 4) is 22.9 Å². The molecule has 4 aliphatic heterocycles. The lowest BCUT2D eigenvalue weighted by Crippen LogP contribution is -2.51. The molecule has 0 aliphatic carbocycles. The molecule has 7 nitrogen and oxygen atoms in total. The van der Waals surface area contributed by atoms with E-state index in [1.54, 1.807) is 18.2 Å². The maximum atomic E-state index is 16.8. The van der Waals surface area contributed by atoms with Crippen LogP contribution < -0.4 is 15.0 Å². The number of nitrogens with zero attached hydrogens (tertiary/aromatic N) is 4. The Hall–Kier alpha value is -3.63. The van der Waals surface area contributed by atoms with Gasteiger partial charge in [-0.2, -0.15) is 9.97 Å². The number of halogens is 3. The summed E-state index contributed by atoms with van der Waals surface area (Å²) in [5.41, 5.74) is 0.789. The van der Waals surface area contributed by atoms with Crippen molar-refractivity contribution in [2.75, 3.05) is 37.7 Å². The summed E-state index contributed by atoms with van der Waals surface area (Å²) in [5.74, 6) is -0.375. The number of rotatable bonds is 6. The molecule has 0 radical (unpaired) electrons. The minimum Gasteiger partial charge on any atom is -0.508 e. The van der Waals surface area contributed by atoms with Crippen LogP contribution in [0.25, 0.3) is 32.8 Å². The van der Waals surface area contributed by atoms with Crippen molar-refractivity contribution < 1.29 is 23.0 Å². The van der Waals surface area contributed by atoms with Crippen LogP contribution in [0.4, 0.5) is 19.0 Å². The third kappa shape index (κ3) is 4.48. The number of piperazine rings is 1. The molecule has 0 spiro atoms. The van der Waals surface area contributed by atoms with Crippen molar-refractivity contribution in [2.24, 2.45) is 0 Å². The quantitative estimate of drug-likeness (QED) is 0.285. The van der Waals surface area contributed by atoms with Crippen LogP contribution in [0.2, 0.25) is 0 Å². The highest BCUT2D eigenvalue weighted by molar-refractivity contribution is 6.03. The van der Waals surface area contributed by atoms with Gasteiger partial charge in [0.2, 0.25) is 0 Å². The molecule has 4 aliphatic rings. The number of benzene rings is 3. The lowest BCUT2D eigenvalue weighted by molar-refractivity contribution is 0.107. The van der Waals surface area contributed by atoms with E-state index in [4.69, 9.17) is 9.72 Å². The van der Waals surface area contributed by atoms with Gasteiger partial charge in [-0.1, -0.05) is 19.1 Å². The number of hydrogen-bond donors (Lipinski definition) is 2. The van der Waals surface area contributed by atoms with Crippen LogP contribution in [-0.2, 0) is 6.42 Å². The van der Waals surface area contributed by atoms with Gasteiger partial charge in [0, 0.05) is 49.1 Å². The summed E-state index contributed by atoms with van der Waals surface area (Å²) in [7, 11) is 0. The minimum atomic E-state index is -0.890. The summed E-state index contributed by atoms with van der Waals surface area (Å²) < 4.78 is 52.5. The second-order valence-corrected chi connectivity index (χ2v) is 13.0. The van der Waals surface area contributed by atoms with Gasteiger partial charge in [0.25, 0.3) is 0 Å². The second kappa shape index (κ2) is 10.5. The normalized spacial score (nSPS) is 26.6. The van der Waals surface area contributed by atoms with Gasteiger partial charge in [0.15, 0.2) is 5.82 Å². The summed E-state index contributed by atoms with van der Waals surface area (Å²) in [6, 6.07) is 10.3. The van der Waals surface area contributed by atoms with E-state index >= 15 is 4.39 Å². The topological polar surface area (TPSA) is 73.8 Å². The maximum absolute atomic E-state index is 16.8. The largest absolute Gasteiger partial charge is 0.508 e. The van der Waals surface area contributed by atoms with Crippen LogP contribution in [0.5, 0.6) is 11.8 Å². The van der Waals surface area contributed by atoms with Crippen molar-refractivity contribution in [3.63, 3.8) is 0 Å². The molecule has 4 atom stereocenters. The van der Waals surface area contributed by atoms with Crippen molar-refractivity contribution >= 4 is 27.5 Å². The van der Waals surface area contributed by atoms with Gasteiger partial charge < -0.3 is 20.1 Å². The van der Waals surface area contributed by atoms with E-state index in [0.29, 0.717) is 64.6 Å². The van der Waals surface area contributed by atoms with Gasteiger partial charge in [-0.25, -0.2) is 13.2 Å². The molecular weight excluding hydrogens is 567 g/mol. The number of alkyl halides is 1. The number of fused-ring (bicyclic) bond motifs is 5.